The first kappa shape index (κ1) is 17.1. The fraction of sp³-hybridized carbons (Fsp3) is 0.529. The lowest BCUT2D eigenvalue weighted by Crippen LogP contribution is -2.27. The van der Waals surface area contributed by atoms with Gasteiger partial charge in [-0.15, -0.1) is 0 Å². The second kappa shape index (κ2) is 5.96. The average Bonchev–Trinajstić information content (AvgIpc) is 3.37. The van der Waals surface area contributed by atoms with Gasteiger partial charge in [-0.25, -0.2) is 19.9 Å². The van der Waals surface area contributed by atoms with E-state index in [9.17, 15) is 0 Å². The maximum atomic E-state index is 6.27. The van der Waals surface area contributed by atoms with Crippen LogP contribution >= 0.6 is 11.6 Å². The van der Waals surface area contributed by atoms with Crippen molar-refractivity contribution in [1.82, 2.24) is 24.5 Å². The van der Waals surface area contributed by atoms with Crippen LogP contribution in [0.3, 0.4) is 0 Å². The number of rotatable bonds is 3. The zero-order chi connectivity index (χ0) is 18.8. The van der Waals surface area contributed by atoms with Crippen LogP contribution in [0.25, 0.3) is 11.2 Å². The van der Waals surface area contributed by atoms with E-state index in [-0.39, 0.29) is 17.4 Å². The molecule has 0 bridgehead atoms. The number of aromatic nitrogens is 5. The van der Waals surface area contributed by atoms with Crippen molar-refractivity contribution in [2.24, 2.45) is 0 Å². The van der Waals surface area contributed by atoms with Crippen LogP contribution in [0.1, 0.15) is 44.8 Å². The predicted octanol–water partition coefficient (Wildman–Crippen LogP) is 2.82. The van der Waals surface area contributed by atoms with Gasteiger partial charge in [0, 0.05) is 6.42 Å². The number of oxazole rings is 1. The fourth-order valence-corrected chi connectivity index (χ4v) is 3.80. The standard InChI is InChI=1S/C17H18ClN5O4/c1-4-8-5-19-15(24-8)11-10-12(27-17(2,3)26-10)16(25-11)23-7-22-9-13(18)20-6-21-14(9)23/h5-7,10-12,16H,4H2,1-3H3/t10-,11+,12-,16-/m1/s1. The summed E-state index contributed by atoms with van der Waals surface area (Å²) >= 11 is 6.13. The number of hydrogen-bond acceptors (Lipinski definition) is 8. The highest BCUT2D eigenvalue weighted by atomic mass is 35.5. The summed E-state index contributed by atoms with van der Waals surface area (Å²) in [5.41, 5.74) is 1.07. The van der Waals surface area contributed by atoms with E-state index in [1.165, 1.54) is 6.33 Å². The molecule has 0 N–H and O–H groups in total. The number of imidazole rings is 1. The molecule has 0 aliphatic carbocycles. The second-order valence-corrected chi connectivity index (χ2v) is 7.38. The average molecular weight is 392 g/mol. The normalized spacial score (nSPS) is 29.5. The van der Waals surface area contributed by atoms with Crippen molar-refractivity contribution < 1.29 is 18.6 Å². The van der Waals surface area contributed by atoms with Crippen LogP contribution in [0.4, 0.5) is 0 Å². The van der Waals surface area contributed by atoms with E-state index in [2.05, 4.69) is 19.9 Å². The zero-order valence-corrected chi connectivity index (χ0v) is 15.8. The Labute approximate surface area is 159 Å². The molecule has 0 saturated carbocycles. The highest BCUT2D eigenvalue weighted by Crippen LogP contribution is 2.49. The van der Waals surface area contributed by atoms with Crippen molar-refractivity contribution in [3.8, 4) is 0 Å². The number of nitrogens with zero attached hydrogens (tertiary/aromatic N) is 5. The van der Waals surface area contributed by atoms with Gasteiger partial charge in [-0.1, -0.05) is 18.5 Å². The fourth-order valence-electron chi connectivity index (χ4n) is 3.63. The molecule has 0 aromatic carbocycles. The Hall–Kier alpha value is -2.07. The third-order valence-corrected chi connectivity index (χ3v) is 5.06. The topological polar surface area (TPSA) is 97.3 Å². The van der Waals surface area contributed by atoms with Gasteiger partial charge in [0.1, 0.15) is 29.8 Å². The molecule has 2 aliphatic rings. The summed E-state index contributed by atoms with van der Waals surface area (Å²) in [5, 5.41) is 0.286. The Morgan fingerprint density at radius 1 is 1.15 bits per heavy atom. The highest BCUT2D eigenvalue weighted by molar-refractivity contribution is 6.33. The molecule has 0 amide bonds. The Kier molecular flexibility index (Phi) is 3.77. The third-order valence-electron chi connectivity index (χ3n) is 4.78. The lowest BCUT2D eigenvalue weighted by Gasteiger charge is -2.23. The summed E-state index contributed by atoms with van der Waals surface area (Å²) < 4.78 is 26.1. The molecule has 2 saturated heterocycles. The molecule has 4 atom stereocenters. The van der Waals surface area contributed by atoms with Gasteiger partial charge >= 0.3 is 0 Å². The molecule has 3 aromatic heterocycles. The molecule has 0 unspecified atom stereocenters. The van der Waals surface area contributed by atoms with Gasteiger partial charge in [-0.2, -0.15) is 0 Å². The molecular formula is C17H18ClN5O4. The Morgan fingerprint density at radius 3 is 2.74 bits per heavy atom. The third kappa shape index (κ3) is 2.65. The number of ether oxygens (including phenoxy) is 3. The first-order chi connectivity index (χ1) is 13.0. The van der Waals surface area contributed by atoms with Crippen molar-refractivity contribution in [2.45, 2.75) is 57.5 Å². The maximum absolute atomic E-state index is 6.27. The quantitative estimate of drug-likeness (QED) is 0.628. The molecule has 5 heterocycles. The molecule has 0 spiro atoms. The van der Waals surface area contributed by atoms with E-state index in [0.29, 0.717) is 17.1 Å². The summed E-state index contributed by atoms with van der Waals surface area (Å²) in [6, 6.07) is 0. The summed E-state index contributed by atoms with van der Waals surface area (Å²) in [5.74, 6) is 0.515. The van der Waals surface area contributed by atoms with E-state index < -0.39 is 18.1 Å². The lowest BCUT2D eigenvalue weighted by atomic mass is 10.1. The molecule has 142 valence electrons. The van der Waals surface area contributed by atoms with E-state index in [1.807, 2.05) is 20.8 Å². The summed E-state index contributed by atoms with van der Waals surface area (Å²) in [6.45, 7) is 5.75. The van der Waals surface area contributed by atoms with Crippen molar-refractivity contribution in [2.75, 3.05) is 0 Å². The van der Waals surface area contributed by atoms with Crippen LogP contribution in [0.5, 0.6) is 0 Å². The number of hydrogen-bond donors (Lipinski definition) is 0. The number of halogens is 1. The summed E-state index contributed by atoms with van der Waals surface area (Å²) in [6.07, 6.45) is 3.70. The number of aryl methyl sites for hydroxylation is 1. The molecule has 3 aromatic rings. The van der Waals surface area contributed by atoms with Gasteiger partial charge in [0.05, 0.1) is 12.5 Å². The van der Waals surface area contributed by atoms with Gasteiger partial charge < -0.3 is 18.6 Å². The van der Waals surface area contributed by atoms with Gasteiger partial charge in [0.15, 0.2) is 28.9 Å². The monoisotopic (exact) mass is 391 g/mol. The highest BCUT2D eigenvalue weighted by Gasteiger charge is 2.58. The molecule has 9 nitrogen and oxygen atoms in total. The van der Waals surface area contributed by atoms with Crippen LogP contribution in [-0.4, -0.2) is 42.5 Å². The molecule has 5 rings (SSSR count). The summed E-state index contributed by atoms with van der Waals surface area (Å²) in [4.78, 5) is 17.0. The molecule has 2 aliphatic heterocycles. The Balaban J connectivity index is 1.57. The van der Waals surface area contributed by atoms with Crippen molar-refractivity contribution >= 4 is 22.8 Å². The van der Waals surface area contributed by atoms with Crippen molar-refractivity contribution in [1.29, 1.82) is 0 Å². The smallest absolute Gasteiger partial charge is 0.226 e. The van der Waals surface area contributed by atoms with E-state index in [0.717, 1.165) is 12.2 Å². The molecule has 2 fully saturated rings. The largest absolute Gasteiger partial charge is 0.443 e. The minimum Gasteiger partial charge on any atom is -0.443 e. The second-order valence-electron chi connectivity index (χ2n) is 7.02. The minimum atomic E-state index is -0.751. The first-order valence-electron chi connectivity index (χ1n) is 8.75. The zero-order valence-electron chi connectivity index (χ0n) is 15.0. The maximum Gasteiger partial charge on any atom is 0.226 e. The van der Waals surface area contributed by atoms with Gasteiger partial charge in [-0.05, 0) is 13.8 Å². The first-order valence-corrected chi connectivity index (χ1v) is 9.13. The SMILES string of the molecule is CCc1cnc([C@H]2O[C@@H](n3cnc4c(Cl)ncnc43)[C@@H]3OC(C)(C)O[C@@H]32)o1. The van der Waals surface area contributed by atoms with Gasteiger partial charge in [0.25, 0.3) is 0 Å². The van der Waals surface area contributed by atoms with Crippen molar-refractivity contribution in [3.63, 3.8) is 0 Å². The van der Waals surface area contributed by atoms with E-state index in [1.54, 1.807) is 17.1 Å². The van der Waals surface area contributed by atoms with Crippen LogP contribution in [-0.2, 0) is 20.6 Å². The molecule has 27 heavy (non-hydrogen) atoms. The molecule has 0 radical (unpaired) electrons. The Bertz CT molecular complexity index is 1000. The van der Waals surface area contributed by atoms with Gasteiger partial charge in [-0.3, -0.25) is 4.57 Å². The van der Waals surface area contributed by atoms with E-state index in [4.69, 9.17) is 30.2 Å². The van der Waals surface area contributed by atoms with Crippen LogP contribution < -0.4 is 0 Å². The summed E-state index contributed by atoms with van der Waals surface area (Å²) in [7, 11) is 0. The van der Waals surface area contributed by atoms with Crippen molar-refractivity contribution in [3.05, 3.63) is 35.7 Å². The van der Waals surface area contributed by atoms with Crippen LogP contribution in [0.2, 0.25) is 5.15 Å². The van der Waals surface area contributed by atoms with Crippen LogP contribution in [0, 0.1) is 0 Å². The molecular weight excluding hydrogens is 374 g/mol. The lowest BCUT2D eigenvalue weighted by molar-refractivity contribution is -0.199. The van der Waals surface area contributed by atoms with Gasteiger partial charge in [0.2, 0.25) is 5.89 Å². The van der Waals surface area contributed by atoms with Crippen LogP contribution in [0.15, 0.2) is 23.3 Å². The van der Waals surface area contributed by atoms with E-state index >= 15 is 0 Å². The Morgan fingerprint density at radius 2 is 1.96 bits per heavy atom. The minimum absolute atomic E-state index is 0.286. The predicted molar refractivity (Wildman–Crippen MR) is 92.9 cm³/mol. The molecule has 10 heteroatoms. The number of fused-ring (bicyclic) bond motifs is 2.